The van der Waals surface area contributed by atoms with Gasteiger partial charge in [0, 0.05) is 24.8 Å². The smallest absolute Gasteiger partial charge is 0.266 e. The molecule has 0 saturated carbocycles. The molecule has 1 aromatic heterocycles. The second kappa shape index (κ2) is 6.35. The van der Waals surface area contributed by atoms with Crippen LogP contribution < -0.4 is 10.9 Å². The van der Waals surface area contributed by atoms with Crippen molar-refractivity contribution in [3.8, 4) is 0 Å². The summed E-state index contributed by atoms with van der Waals surface area (Å²) in [4.78, 5) is 11.3. The van der Waals surface area contributed by atoms with E-state index in [-0.39, 0.29) is 5.56 Å². The number of unbranched alkanes of at least 4 members (excludes halogenated alkanes) is 1. The van der Waals surface area contributed by atoms with E-state index in [0.717, 1.165) is 25.8 Å². The van der Waals surface area contributed by atoms with Crippen LogP contribution in [0, 0.1) is 0 Å². The largest absolute Gasteiger partial charge is 0.317 e. The van der Waals surface area contributed by atoms with Crippen molar-refractivity contribution in [3.05, 3.63) is 28.7 Å². The summed E-state index contributed by atoms with van der Waals surface area (Å²) in [6.45, 7) is 2.88. The number of aromatic nitrogens is 2. The van der Waals surface area contributed by atoms with Crippen LogP contribution in [0.15, 0.2) is 23.1 Å². The Hall–Kier alpha value is -1.16. The standard InChI is InChI=1S/C11H19N3O/c1-10(12-2)6-3-4-9-14-11(15)7-5-8-13-14/h5,7-8,10,12H,3-4,6,9H2,1-2H3. The van der Waals surface area contributed by atoms with Gasteiger partial charge in [-0.2, -0.15) is 5.10 Å². The molecular formula is C11H19N3O. The van der Waals surface area contributed by atoms with E-state index in [1.807, 2.05) is 7.05 Å². The van der Waals surface area contributed by atoms with Crippen molar-refractivity contribution in [2.24, 2.45) is 0 Å². The van der Waals surface area contributed by atoms with Gasteiger partial charge in [-0.25, -0.2) is 4.68 Å². The molecule has 0 aromatic carbocycles. The van der Waals surface area contributed by atoms with Crippen LogP contribution >= 0.6 is 0 Å². The predicted octanol–water partition coefficient (Wildman–Crippen LogP) is 1.02. The quantitative estimate of drug-likeness (QED) is 0.712. The average molecular weight is 209 g/mol. The molecule has 0 fully saturated rings. The van der Waals surface area contributed by atoms with Crippen LogP contribution in [0.5, 0.6) is 0 Å². The first-order valence-corrected chi connectivity index (χ1v) is 5.43. The molecule has 4 heteroatoms. The van der Waals surface area contributed by atoms with Gasteiger partial charge in [0.2, 0.25) is 0 Å². The maximum Gasteiger partial charge on any atom is 0.266 e. The van der Waals surface area contributed by atoms with Gasteiger partial charge in [-0.15, -0.1) is 0 Å². The molecule has 15 heavy (non-hydrogen) atoms. The van der Waals surface area contributed by atoms with Gasteiger partial charge in [-0.3, -0.25) is 4.79 Å². The lowest BCUT2D eigenvalue weighted by Crippen LogP contribution is -2.23. The number of nitrogens with zero attached hydrogens (tertiary/aromatic N) is 2. The molecule has 84 valence electrons. The third-order valence-electron chi connectivity index (χ3n) is 2.54. The zero-order valence-corrected chi connectivity index (χ0v) is 9.44. The molecule has 1 atom stereocenters. The topological polar surface area (TPSA) is 46.9 Å². The Kier molecular flexibility index (Phi) is 5.04. The van der Waals surface area contributed by atoms with Gasteiger partial charge in [0.25, 0.3) is 5.56 Å². The zero-order valence-electron chi connectivity index (χ0n) is 9.44. The minimum Gasteiger partial charge on any atom is -0.317 e. The zero-order chi connectivity index (χ0) is 11.1. The molecule has 0 radical (unpaired) electrons. The van der Waals surface area contributed by atoms with Crippen LogP contribution in [0.3, 0.4) is 0 Å². The number of hydrogen-bond donors (Lipinski definition) is 1. The lowest BCUT2D eigenvalue weighted by Gasteiger charge is -2.09. The Balaban J connectivity index is 2.26. The van der Waals surface area contributed by atoms with E-state index in [1.54, 1.807) is 18.3 Å². The lowest BCUT2D eigenvalue weighted by atomic mass is 10.1. The summed E-state index contributed by atoms with van der Waals surface area (Å²) in [6.07, 6.45) is 4.91. The van der Waals surface area contributed by atoms with Crippen LogP contribution in [-0.2, 0) is 6.54 Å². The summed E-state index contributed by atoms with van der Waals surface area (Å²) in [6, 6.07) is 3.76. The fourth-order valence-corrected chi connectivity index (χ4v) is 1.41. The molecule has 1 aromatic rings. The van der Waals surface area contributed by atoms with E-state index in [9.17, 15) is 4.79 Å². The van der Waals surface area contributed by atoms with Crippen LogP contribution in [-0.4, -0.2) is 22.9 Å². The molecule has 1 unspecified atom stereocenters. The summed E-state index contributed by atoms with van der Waals surface area (Å²) in [5, 5.41) is 7.19. The van der Waals surface area contributed by atoms with Crippen molar-refractivity contribution < 1.29 is 0 Å². The molecule has 0 amide bonds. The third kappa shape index (κ3) is 4.25. The second-order valence-corrected chi connectivity index (χ2v) is 3.77. The van der Waals surface area contributed by atoms with Gasteiger partial charge in [-0.05, 0) is 32.9 Å². The van der Waals surface area contributed by atoms with Crippen molar-refractivity contribution in [2.45, 2.75) is 38.8 Å². The van der Waals surface area contributed by atoms with Crippen molar-refractivity contribution in [1.29, 1.82) is 0 Å². The van der Waals surface area contributed by atoms with E-state index in [2.05, 4.69) is 17.3 Å². The van der Waals surface area contributed by atoms with E-state index in [4.69, 9.17) is 0 Å². The van der Waals surface area contributed by atoms with Crippen molar-refractivity contribution in [1.82, 2.24) is 15.1 Å². The Morgan fingerprint density at radius 1 is 1.53 bits per heavy atom. The summed E-state index contributed by atoms with van der Waals surface area (Å²) in [5.41, 5.74) is -0.0147. The van der Waals surface area contributed by atoms with Crippen molar-refractivity contribution in [3.63, 3.8) is 0 Å². The highest BCUT2D eigenvalue weighted by Crippen LogP contribution is 2.00. The monoisotopic (exact) mass is 209 g/mol. The van der Waals surface area contributed by atoms with E-state index >= 15 is 0 Å². The van der Waals surface area contributed by atoms with E-state index in [0.29, 0.717) is 6.04 Å². The van der Waals surface area contributed by atoms with Crippen molar-refractivity contribution >= 4 is 0 Å². The predicted molar refractivity (Wildman–Crippen MR) is 60.9 cm³/mol. The summed E-state index contributed by atoms with van der Waals surface area (Å²) < 4.78 is 1.52. The number of rotatable bonds is 6. The minimum atomic E-state index is -0.0147. The maximum absolute atomic E-state index is 11.3. The highest BCUT2D eigenvalue weighted by Gasteiger charge is 1.99. The first-order chi connectivity index (χ1) is 7.24. The Morgan fingerprint density at radius 3 is 3.00 bits per heavy atom. The molecule has 0 saturated heterocycles. The number of aryl methyl sites for hydroxylation is 1. The summed E-state index contributed by atoms with van der Waals surface area (Å²) >= 11 is 0. The van der Waals surface area contributed by atoms with Gasteiger partial charge in [0.1, 0.15) is 0 Å². The molecule has 0 bridgehead atoms. The number of nitrogens with one attached hydrogen (secondary N) is 1. The second-order valence-electron chi connectivity index (χ2n) is 3.77. The number of hydrogen-bond acceptors (Lipinski definition) is 3. The molecule has 0 aliphatic carbocycles. The maximum atomic E-state index is 11.3. The van der Waals surface area contributed by atoms with Gasteiger partial charge >= 0.3 is 0 Å². The molecule has 0 spiro atoms. The highest BCUT2D eigenvalue weighted by atomic mass is 16.1. The SMILES string of the molecule is CNC(C)CCCCn1ncccc1=O. The first kappa shape index (κ1) is 11.9. The molecule has 0 aliphatic heterocycles. The summed E-state index contributed by atoms with van der Waals surface area (Å²) in [7, 11) is 1.97. The minimum absolute atomic E-state index is 0.0147. The van der Waals surface area contributed by atoms with Crippen LogP contribution in [0.2, 0.25) is 0 Å². The van der Waals surface area contributed by atoms with Gasteiger partial charge in [0.15, 0.2) is 0 Å². The fourth-order valence-electron chi connectivity index (χ4n) is 1.41. The Morgan fingerprint density at radius 2 is 2.33 bits per heavy atom. The lowest BCUT2D eigenvalue weighted by molar-refractivity contribution is 0.479. The summed E-state index contributed by atoms with van der Waals surface area (Å²) in [5.74, 6) is 0. The normalized spacial score (nSPS) is 12.7. The van der Waals surface area contributed by atoms with Crippen LogP contribution in [0.4, 0.5) is 0 Å². The van der Waals surface area contributed by atoms with E-state index in [1.165, 1.54) is 4.68 Å². The van der Waals surface area contributed by atoms with Crippen LogP contribution in [0.1, 0.15) is 26.2 Å². The van der Waals surface area contributed by atoms with Gasteiger partial charge < -0.3 is 5.32 Å². The molecule has 1 N–H and O–H groups in total. The highest BCUT2D eigenvalue weighted by molar-refractivity contribution is 4.84. The molecule has 0 aliphatic rings. The molecule has 1 rings (SSSR count). The molecule has 4 nitrogen and oxygen atoms in total. The Labute approximate surface area is 90.3 Å². The molecular weight excluding hydrogens is 190 g/mol. The first-order valence-electron chi connectivity index (χ1n) is 5.43. The molecule has 1 heterocycles. The van der Waals surface area contributed by atoms with Crippen LogP contribution in [0.25, 0.3) is 0 Å². The van der Waals surface area contributed by atoms with Gasteiger partial charge in [-0.1, -0.05) is 6.42 Å². The van der Waals surface area contributed by atoms with Crippen molar-refractivity contribution in [2.75, 3.05) is 7.05 Å². The fraction of sp³-hybridized carbons (Fsp3) is 0.636. The Bertz CT molecular complexity index is 335. The average Bonchev–Trinajstić information content (AvgIpc) is 2.26. The van der Waals surface area contributed by atoms with Gasteiger partial charge in [0.05, 0.1) is 0 Å². The third-order valence-corrected chi connectivity index (χ3v) is 2.54. The van der Waals surface area contributed by atoms with E-state index < -0.39 is 0 Å².